The van der Waals surface area contributed by atoms with Gasteiger partial charge < -0.3 is 24.6 Å². The second-order valence-electron chi connectivity index (χ2n) is 9.55. The lowest BCUT2D eigenvalue weighted by Crippen LogP contribution is -2.50. The molecule has 0 radical (unpaired) electrons. The van der Waals surface area contributed by atoms with Crippen LogP contribution in [0.25, 0.3) is 0 Å². The van der Waals surface area contributed by atoms with Crippen molar-refractivity contribution in [2.24, 2.45) is 5.41 Å². The van der Waals surface area contributed by atoms with Crippen molar-refractivity contribution >= 4 is 17.8 Å². The Kier molecular flexibility index (Phi) is 12.1. The number of carbonyl (C=O) groups excluding carboxylic acids is 1. The molecule has 40 heavy (non-hydrogen) atoms. The van der Waals surface area contributed by atoms with Gasteiger partial charge in [-0.15, -0.1) is 0 Å². The van der Waals surface area contributed by atoms with E-state index in [0.717, 1.165) is 78.2 Å². The minimum Gasteiger partial charge on any atom is -0.475 e. The van der Waals surface area contributed by atoms with Crippen LogP contribution in [0.4, 0.5) is 26.3 Å². The smallest absolute Gasteiger partial charge is 0.475 e. The van der Waals surface area contributed by atoms with Gasteiger partial charge in [-0.3, -0.25) is 14.7 Å². The summed E-state index contributed by atoms with van der Waals surface area (Å²) in [4.78, 5) is 39.0. The molecule has 0 saturated carbocycles. The molecule has 0 aliphatic carbocycles. The molecule has 1 aromatic heterocycles. The maximum Gasteiger partial charge on any atom is 0.490 e. The first-order chi connectivity index (χ1) is 18.6. The number of amides is 1. The predicted octanol–water partition coefficient (Wildman–Crippen LogP) is 2.97. The van der Waals surface area contributed by atoms with Gasteiger partial charge in [0.2, 0.25) is 0 Å². The third-order valence-corrected chi connectivity index (χ3v) is 6.50. The maximum atomic E-state index is 12.6. The Hall–Kier alpha value is -2.98. The first-order valence-corrected chi connectivity index (χ1v) is 12.3. The Labute approximate surface area is 225 Å². The highest BCUT2D eigenvalue weighted by Crippen LogP contribution is 2.35. The van der Waals surface area contributed by atoms with Gasteiger partial charge in [0.25, 0.3) is 5.91 Å². The van der Waals surface area contributed by atoms with Crippen molar-refractivity contribution in [2.75, 3.05) is 46.0 Å². The number of aliphatic carboxylic acids is 2. The number of rotatable bonds is 3. The van der Waals surface area contributed by atoms with Crippen LogP contribution in [0.1, 0.15) is 31.2 Å². The highest BCUT2D eigenvalue weighted by molar-refractivity contribution is 5.81. The van der Waals surface area contributed by atoms with E-state index in [4.69, 9.17) is 29.3 Å². The molecule has 10 nitrogen and oxygen atoms in total. The van der Waals surface area contributed by atoms with Crippen molar-refractivity contribution in [3.05, 3.63) is 30.1 Å². The molecule has 3 aliphatic heterocycles. The number of likely N-dealkylation sites (tertiary alicyclic amines) is 1. The predicted molar refractivity (Wildman–Crippen MR) is 125 cm³/mol. The summed E-state index contributed by atoms with van der Waals surface area (Å²) in [5.41, 5.74) is 1.46. The summed E-state index contributed by atoms with van der Waals surface area (Å²) in [5, 5.41) is 14.2. The zero-order valence-corrected chi connectivity index (χ0v) is 21.4. The monoisotopic (exact) mass is 587 g/mol. The van der Waals surface area contributed by atoms with Crippen LogP contribution in [0.15, 0.2) is 24.5 Å². The lowest BCUT2D eigenvalue weighted by Gasteiger charge is -2.43. The molecule has 1 amide bonds. The van der Waals surface area contributed by atoms with E-state index >= 15 is 0 Å². The molecule has 3 saturated heterocycles. The van der Waals surface area contributed by atoms with Gasteiger partial charge >= 0.3 is 24.3 Å². The zero-order chi connectivity index (χ0) is 30.0. The van der Waals surface area contributed by atoms with E-state index in [9.17, 15) is 31.1 Å². The van der Waals surface area contributed by atoms with E-state index in [0.29, 0.717) is 0 Å². The molecule has 1 atom stereocenters. The van der Waals surface area contributed by atoms with Crippen LogP contribution in [0.5, 0.6) is 0 Å². The summed E-state index contributed by atoms with van der Waals surface area (Å²) >= 11 is 0. The number of piperidine rings is 1. The lowest BCUT2D eigenvalue weighted by molar-refractivity contribution is -0.193. The standard InChI is InChI=1S/C20H29N3O3.2C2HF3O2/c24-19(18-2-1-12-26-18)23-9-5-20(6-10-23)15-22(11-13-25-16-20)14-17-3-7-21-8-4-17;2*3-2(4,5)1(6)7/h3-4,7-8,18H,1-2,5-6,9-16H2;2*(H,6,7). The first kappa shape index (κ1) is 33.2. The van der Waals surface area contributed by atoms with Gasteiger partial charge in [-0.1, -0.05) is 0 Å². The molecule has 4 rings (SSSR count). The second-order valence-corrected chi connectivity index (χ2v) is 9.55. The SMILES string of the molecule is O=C(C1CCCO1)N1CCC2(CC1)COCCN(Cc1ccncc1)C2.O=C(O)C(F)(F)F.O=C(O)C(F)(F)F. The van der Waals surface area contributed by atoms with Gasteiger partial charge in [0.1, 0.15) is 6.10 Å². The summed E-state index contributed by atoms with van der Waals surface area (Å²) in [6, 6.07) is 4.17. The number of halogens is 6. The van der Waals surface area contributed by atoms with Crippen molar-refractivity contribution in [3.8, 4) is 0 Å². The van der Waals surface area contributed by atoms with Gasteiger partial charge in [0.05, 0.1) is 13.2 Å². The fourth-order valence-corrected chi connectivity index (χ4v) is 4.44. The Morgan fingerprint density at radius 3 is 1.98 bits per heavy atom. The number of pyridine rings is 1. The lowest BCUT2D eigenvalue weighted by atomic mass is 9.78. The van der Waals surface area contributed by atoms with Crippen LogP contribution >= 0.6 is 0 Å². The molecule has 1 aromatic rings. The number of carboxylic acids is 2. The number of carboxylic acid groups (broad SMARTS) is 2. The van der Waals surface area contributed by atoms with Gasteiger partial charge in [0, 0.05) is 57.1 Å². The van der Waals surface area contributed by atoms with Crippen molar-refractivity contribution < 1.29 is 60.4 Å². The van der Waals surface area contributed by atoms with E-state index in [1.807, 2.05) is 17.3 Å². The van der Waals surface area contributed by atoms with Crippen LogP contribution in [0.3, 0.4) is 0 Å². The molecule has 1 unspecified atom stereocenters. The molecule has 226 valence electrons. The van der Waals surface area contributed by atoms with Crippen LogP contribution in [0, 0.1) is 5.41 Å². The third-order valence-electron chi connectivity index (χ3n) is 6.50. The average molecular weight is 588 g/mol. The van der Waals surface area contributed by atoms with Gasteiger partial charge in [-0.2, -0.15) is 26.3 Å². The van der Waals surface area contributed by atoms with E-state index in [1.54, 1.807) is 0 Å². The number of nitrogens with zero attached hydrogens (tertiary/aromatic N) is 3. The molecule has 3 fully saturated rings. The number of hydrogen-bond acceptors (Lipinski definition) is 7. The molecule has 0 bridgehead atoms. The van der Waals surface area contributed by atoms with E-state index in [-0.39, 0.29) is 17.4 Å². The van der Waals surface area contributed by atoms with E-state index in [1.165, 1.54) is 5.56 Å². The minimum atomic E-state index is -5.08. The largest absolute Gasteiger partial charge is 0.490 e. The maximum absolute atomic E-state index is 12.6. The molecular formula is C24H31F6N3O7. The number of carbonyl (C=O) groups is 3. The first-order valence-electron chi connectivity index (χ1n) is 12.3. The van der Waals surface area contributed by atoms with Crippen LogP contribution < -0.4 is 0 Å². The van der Waals surface area contributed by atoms with Crippen molar-refractivity contribution in [1.29, 1.82) is 0 Å². The summed E-state index contributed by atoms with van der Waals surface area (Å²) in [6.45, 7) is 6.90. The van der Waals surface area contributed by atoms with Crippen LogP contribution in [-0.2, 0) is 30.4 Å². The minimum absolute atomic E-state index is 0.164. The summed E-state index contributed by atoms with van der Waals surface area (Å²) in [5.74, 6) is -5.32. The third kappa shape index (κ3) is 10.9. The highest BCUT2D eigenvalue weighted by atomic mass is 19.4. The average Bonchev–Trinajstić information content (AvgIpc) is 3.35. The van der Waals surface area contributed by atoms with Crippen LogP contribution in [0.2, 0.25) is 0 Å². The quantitative estimate of drug-likeness (QED) is 0.513. The zero-order valence-electron chi connectivity index (χ0n) is 21.4. The van der Waals surface area contributed by atoms with Crippen molar-refractivity contribution in [3.63, 3.8) is 0 Å². The van der Waals surface area contributed by atoms with E-state index in [2.05, 4.69) is 22.0 Å². The number of alkyl halides is 6. The number of aromatic nitrogens is 1. The number of hydrogen-bond donors (Lipinski definition) is 2. The molecule has 3 aliphatic rings. The van der Waals surface area contributed by atoms with E-state index < -0.39 is 24.3 Å². The molecule has 2 N–H and O–H groups in total. The molecule has 4 heterocycles. The molecule has 0 aromatic carbocycles. The van der Waals surface area contributed by atoms with Crippen LogP contribution in [-0.4, -0.2) is 107 Å². The summed E-state index contributed by atoms with van der Waals surface area (Å²) in [7, 11) is 0. The fraction of sp³-hybridized carbons (Fsp3) is 0.667. The summed E-state index contributed by atoms with van der Waals surface area (Å²) in [6.07, 6.45) is -2.74. The Morgan fingerprint density at radius 2 is 1.50 bits per heavy atom. The Bertz CT molecular complexity index is 940. The summed E-state index contributed by atoms with van der Waals surface area (Å²) < 4.78 is 75.0. The molecule has 16 heteroatoms. The highest BCUT2D eigenvalue weighted by Gasteiger charge is 2.41. The fourth-order valence-electron chi connectivity index (χ4n) is 4.44. The van der Waals surface area contributed by atoms with Gasteiger partial charge in [-0.05, 0) is 43.4 Å². The normalized spacial score (nSPS) is 21.4. The topological polar surface area (TPSA) is 130 Å². The van der Waals surface area contributed by atoms with Crippen molar-refractivity contribution in [1.82, 2.24) is 14.8 Å². The van der Waals surface area contributed by atoms with Crippen molar-refractivity contribution in [2.45, 2.75) is 50.7 Å². The Morgan fingerprint density at radius 1 is 0.950 bits per heavy atom. The van der Waals surface area contributed by atoms with Gasteiger partial charge in [-0.25, -0.2) is 9.59 Å². The van der Waals surface area contributed by atoms with Gasteiger partial charge in [0.15, 0.2) is 0 Å². The second kappa shape index (κ2) is 14.6. The molecule has 1 spiro atoms. The molecular weight excluding hydrogens is 556 g/mol. The number of ether oxygens (including phenoxy) is 2. The Balaban J connectivity index is 0.000000333.